The molecule has 0 bridgehead atoms. The first kappa shape index (κ1) is 7.61. The molecule has 0 aliphatic carbocycles. The van der Waals surface area contributed by atoms with E-state index in [4.69, 9.17) is 11.6 Å². The minimum absolute atomic E-state index is 0.555. The third-order valence-electron chi connectivity index (χ3n) is 1.62. The highest BCUT2D eigenvalue weighted by Crippen LogP contribution is 2.08. The standard InChI is InChI=1S/C7H11ClN2/c1-3-10-5-9-6(2)7(10)4-8/h5H,3-4H2,1-2H3. The number of rotatable bonds is 2. The SMILES string of the molecule is CCn1cnc(C)c1CCl. The second kappa shape index (κ2) is 3.06. The van der Waals surface area contributed by atoms with E-state index in [1.807, 2.05) is 13.3 Å². The summed E-state index contributed by atoms with van der Waals surface area (Å²) in [7, 11) is 0. The number of hydrogen-bond donors (Lipinski definition) is 0. The number of halogens is 1. The third-order valence-corrected chi connectivity index (χ3v) is 1.88. The number of aromatic nitrogens is 2. The van der Waals surface area contributed by atoms with Crippen molar-refractivity contribution in [2.75, 3.05) is 0 Å². The average molecular weight is 159 g/mol. The highest BCUT2D eigenvalue weighted by Gasteiger charge is 2.02. The fourth-order valence-corrected chi connectivity index (χ4v) is 1.30. The van der Waals surface area contributed by atoms with Gasteiger partial charge in [-0.3, -0.25) is 0 Å². The Hall–Kier alpha value is -0.500. The van der Waals surface area contributed by atoms with Crippen molar-refractivity contribution in [1.29, 1.82) is 0 Å². The van der Waals surface area contributed by atoms with Gasteiger partial charge in [-0.15, -0.1) is 11.6 Å². The average Bonchev–Trinajstić information content (AvgIpc) is 2.30. The topological polar surface area (TPSA) is 17.8 Å². The van der Waals surface area contributed by atoms with Crippen molar-refractivity contribution in [3.63, 3.8) is 0 Å². The van der Waals surface area contributed by atoms with E-state index in [2.05, 4.69) is 16.5 Å². The lowest BCUT2D eigenvalue weighted by atomic mass is 10.4. The Balaban J connectivity index is 3.01. The molecule has 0 aromatic carbocycles. The van der Waals surface area contributed by atoms with Crippen LogP contribution in [0.5, 0.6) is 0 Å². The Morgan fingerprint density at radius 1 is 1.70 bits per heavy atom. The molecule has 0 aliphatic rings. The van der Waals surface area contributed by atoms with Crippen LogP contribution in [0, 0.1) is 6.92 Å². The Kier molecular flexibility index (Phi) is 2.33. The van der Waals surface area contributed by atoms with E-state index in [-0.39, 0.29) is 0 Å². The normalized spacial score (nSPS) is 10.3. The zero-order chi connectivity index (χ0) is 7.56. The first-order valence-electron chi connectivity index (χ1n) is 3.36. The Morgan fingerprint density at radius 3 is 2.80 bits per heavy atom. The summed E-state index contributed by atoms with van der Waals surface area (Å²) in [5, 5.41) is 0. The van der Waals surface area contributed by atoms with Gasteiger partial charge in [0.1, 0.15) is 0 Å². The molecule has 1 aromatic heterocycles. The summed E-state index contributed by atoms with van der Waals surface area (Å²) < 4.78 is 2.06. The van der Waals surface area contributed by atoms with Crippen molar-refractivity contribution in [2.24, 2.45) is 0 Å². The number of alkyl halides is 1. The van der Waals surface area contributed by atoms with Gasteiger partial charge in [-0.05, 0) is 13.8 Å². The smallest absolute Gasteiger partial charge is 0.0951 e. The lowest BCUT2D eigenvalue weighted by Gasteiger charge is -2.00. The van der Waals surface area contributed by atoms with Crippen LogP contribution in [0.2, 0.25) is 0 Å². The Morgan fingerprint density at radius 2 is 2.40 bits per heavy atom. The quantitative estimate of drug-likeness (QED) is 0.602. The van der Waals surface area contributed by atoms with Crippen molar-refractivity contribution in [2.45, 2.75) is 26.3 Å². The van der Waals surface area contributed by atoms with Crippen LogP contribution in [-0.2, 0) is 12.4 Å². The van der Waals surface area contributed by atoms with Gasteiger partial charge in [-0.25, -0.2) is 4.98 Å². The molecule has 0 radical (unpaired) electrons. The molecule has 56 valence electrons. The van der Waals surface area contributed by atoms with Crippen LogP contribution in [0.3, 0.4) is 0 Å². The fraction of sp³-hybridized carbons (Fsp3) is 0.571. The molecule has 0 unspecified atom stereocenters. The molecule has 0 saturated heterocycles. The number of hydrogen-bond acceptors (Lipinski definition) is 1. The van der Waals surface area contributed by atoms with Crippen LogP contribution in [-0.4, -0.2) is 9.55 Å². The van der Waals surface area contributed by atoms with Crippen molar-refractivity contribution in [3.05, 3.63) is 17.7 Å². The molecule has 0 saturated carbocycles. The monoisotopic (exact) mass is 158 g/mol. The summed E-state index contributed by atoms with van der Waals surface area (Å²) in [6.45, 7) is 5.00. The molecule has 2 nitrogen and oxygen atoms in total. The second-order valence-electron chi connectivity index (χ2n) is 2.20. The van der Waals surface area contributed by atoms with Crippen LogP contribution in [0.25, 0.3) is 0 Å². The first-order chi connectivity index (χ1) is 4.79. The highest BCUT2D eigenvalue weighted by atomic mass is 35.5. The fourth-order valence-electron chi connectivity index (χ4n) is 0.954. The van der Waals surface area contributed by atoms with Crippen LogP contribution >= 0.6 is 11.6 Å². The minimum Gasteiger partial charge on any atom is -0.334 e. The van der Waals surface area contributed by atoms with E-state index in [0.717, 1.165) is 17.9 Å². The molecule has 1 aromatic rings. The summed E-state index contributed by atoms with van der Waals surface area (Å²) in [4.78, 5) is 4.14. The summed E-state index contributed by atoms with van der Waals surface area (Å²) in [6.07, 6.45) is 1.83. The maximum Gasteiger partial charge on any atom is 0.0951 e. The van der Waals surface area contributed by atoms with Gasteiger partial charge >= 0.3 is 0 Å². The van der Waals surface area contributed by atoms with E-state index in [9.17, 15) is 0 Å². The molecular formula is C7H11ClN2. The third kappa shape index (κ3) is 1.16. The van der Waals surface area contributed by atoms with Gasteiger partial charge in [0.15, 0.2) is 0 Å². The van der Waals surface area contributed by atoms with Crippen LogP contribution in [0.1, 0.15) is 18.3 Å². The summed E-state index contributed by atoms with van der Waals surface area (Å²) in [5.74, 6) is 0.555. The Labute approximate surface area is 65.8 Å². The maximum atomic E-state index is 5.70. The van der Waals surface area contributed by atoms with Crippen molar-refractivity contribution in [3.8, 4) is 0 Å². The lowest BCUT2D eigenvalue weighted by molar-refractivity contribution is 0.731. The van der Waals surface area contributed by atoms with Gasteiger partial charge in [-0.1, -0.05) is 0 Å². The lowest BCUT2D eigenvalue weighted by Crippen LogP contribution is -1.97. The van der Waals surface area contributed by atoms with Gasteiger partial charge < -0.3 is 4.57 Å². The van der Waals surface area contributed by atoms with Gasteiger partial charge in [0, 0.05) is 6.54 Å². The summed E-state index contributed by atoms with van der Waals surface area (Å²) in [5.41, 5.74) is 2.17. The zero-order valence-corrected chi connectivity index (χ0v) is 7.02. The molecule has 0 spiro atoms. The van der Waals surface area contributed by atoms with Gasteiger partial charge in [0.05, 0.1) is 23.6 Å². The van der Waals surface area contributed by atoms with Crippen LogP contribution in [0.15, 0.2) is 6.33 Å². The first-order valence-corrected chi connectivity index (χ1v) is 3.89. The zero-order valence-electron chi connectivity index (χ0n) is 6.26. The van der Waals surface area contributed by atoms with E-state index in [1.165, 1.54) is 0 Å². The van der Waals surface area contributed by atoms with E-state index >= 15 is 0 Å². The van der Waals surface area contributed by atoms with Gasteiger partial charge in [-0.2, -0.15) is 0 Å². The van der Waals surface area contributed by atoms with Crippen LogP contribution < -0.4 is 0 Å². The van der Waals surface area contributed by atoms with Gasteiger partial charge in [0.2, 0.25) is 0 Å². The molecule has 0 fully saturated rings. The molecule has 1 rings (SSSR count). The van der Waals surface area contributed by atoms with Crippen molar-refractivity contribution >= 4 is 11.6 Å². The molecule has 3 heteroatoms. The molecule has 1 heterocycles. The van der Waals surface area contributed by atoms with E-state index in [1.54, 1.807) is 0 Å². The molecule has 0 atom stereocenters. The predicted molar refractivity (Wildman–Crippen MR) is 42.2 cm³/mol. The highest BCUT2D eigenvalue weighted by molar-refractivity contribution is 6.17. The molecule has 0 aliphatic heterocycles. The largest absolute Gasteiger partial charge is 0.334 e. The summed E-state index contributed by atoms with van der Waals surface area (Å²) >= 11 is 5.70. The molecular weight excluding hydrogens is 148 g/mol. The van der Waals surface area contributed by atoms with Crippen molar-refractivity contribution < 1.29 is 0 Å². The number of nitrogens with zero attached hydrogens (tertiary/aromatic N) is 2. The van der Waals surface area contributed by atoms with E-state index < -0.39 is 0 Å². The number of aryl methyl sites for hydroxylation is 2. The minimum atomic E-state index is 0.555. The van der Waals surface area contributed by atoms with Crippen LogP contribution in [0.4, 0.5) is 0 Å². The van der Waals surface area contributed by atoms with Crippen molar-refractivity contribution in [1.82, 2.24) is 9.55 Å². The molecule has 0 N–H and O–H groups in total. The predicted octanol–water partition coefficient (Wildman–Crippen LogP) is 1.95. The number of imidazole rings is 1. The Bertz CT molecular complexity index is 217. The summed E-state index contributed by atoms with van der Waals surface area (Å²) in [6, 6.07) is 0. The maximum absolute atomic E-state index is 5.70. The van der Waals surface area contributed by atoms with Gasteiger partial charge in [0.25, 0.3) is 0 Å². The second-order valence-corrected chi connectivity index (χ2v) is 2.46. The molecule has 10 heavy (non-hydrogen) atoms. The molecule has 0 amide bonds. The van der Waals surface area contributed by atoms with E-state index in [0.29, 0.717) is 5.88 Å².